The molecule has 1 atom stereocenters. The van der Waals surface area contributed by atoms with Crippen LogP contribution in [0.15, 0.2) is 42.1 Å². The smallest absolute Gasteiger partial charge is 0.223 e. The van der Waals surface area contributed by atoms with Gasteiger partial charge in [-0.3, -0.25) is 4.79 Å². The van der Waals surface area contributed by atoms with E-state index >= 15 is 0 Å². The summed E-state index contributed by atoms with van der Waals surface area (Å²) >= 11 is 0. The Morgan fingerprint density at radius 1 is 1.46 bits per heavy atom. The van der Waals surface area contributed by atoms with E-state index in [1.54, 1.807) is 29.2 Å². The van der Waals surface area contributed by atoms with E-state index in [9.17, 15) is 9.18 Å². The van der Waals surface area contributed by atoms with Gasteiger partial charge in [-0.25, -0.2) is 4.39 Å². The van der Waals surface area contributed by atoms with Crippen molar-refractivity contribution in [2.75, 3.05) is 13.1 Å². The zero-order valence-electron chi connectivity index (χ0n) is 14.6. The second kappa shape index (κ2) is 7.60. The second-order valence-electron chi connectivity index (χ2n) is 7.27. The molecule has 1 aromatic carbocycles. The first-order valence-electron chi connectivity index (χ1n) is 8.16. The first-order chi connectivity index (χ1) is 11.3. The van der Waals surface area contributed by atoms with Gasteiger partial charge in [-0.15, -0.1) is 6.58 Å². The van der Waals surface area contributed by atoms with E-state index in [-0.39, 0.29) is 23.2 Å². The normalized spacial score (nSPS) is 17.2. The Bertz CT molecular complexity index is 634. The van der Waals surface area contributed by atoms with Crippen LogP contribution in [0, 0.1) is 11.2 Å². The molecule has 1 heterocycles. The molecule has 0 spiro atoms. The lowest BCUT2D eigenvalue weighted by molar-refractivity contribution is -0.134. The summed E-state index contributed by atoms with van der Waals surface area (Å²) < 4.78 is 13.9. The lowest BCUT2D eigenvalue weighted by Gasteiger charge is -2.27. The molecular formula is C19H25FN2O2. The summed E-state index contributed by atoms with van der Waals surface area (Å²) in [6.07, 6.45) is 2.38. The molecule has 130 valence electrons. The molecule has 24 heavy (non-hydrogen) atoms. The maximum absolute atomic E-state index is 13.9. The molecule has 1 unspecified atom stereocenters. The molecule has 0 aliphatic carbocycles. The maximum atomic E-state index is 13.9. The Balaban J connectivity index is 1.99. The van der Waals surface area contributed by atoms with Crippen molar-refractivity contribution in [2.24, 2.45) is 10.6 Å². The molecule has 0 saturated heterocycles. The predicted molar refractivity (Wildman–Crippen MR) is 93.3 cm³/mol. The van der Waals surface area contributed by atoms with E-state index in [0.717, 1.165) is 0 Å². The number of amides is 1. The molecule has 1 aliphatic heterocycles. The molecule has 0 bridgehead atoms. The molecular weight excluding hydrogens is 307 g/mol. The molecule has 4 nitrogen and oxygen atoms in total. The van der Waals surface area contributed by atoms with Crippen LogP contribution in [0.3, 0.4) is 0 Å². The lowest BCUT2D eigenvalue weighted by Crippen LogP contribution is -2.39. The minimum absolute atomic E-state index is 0.0605. The minimum Gasteiger partial charge on any atom is -0.390 e. The monoisotopic (exact) mass is 332 g/mol. The molecule has 2 rings (SSSR count). The molecule has 1 amide bonds. The SMILES string of the molecule is C=CCN(CC1CC(c2ccccc2F)=NO1)C(=O)CC(C)(C)C. The molecule has 1 aliphatic rings. The molecule has 0 saturated carbocycles. The zero-order valence-corrected chi connectivity index (χ0v) is 14.6. The summed E-state index contributed by atoms with van der Waals surface area (Å²) in [5.41, 5.74) is 0.957. The van der Waals surface area contributed by atoms with Crippen molar-refractivity contribution in [1.29, 1.82) is 0 Å². The third-order valence-electron chi connectivity index (χ3n) is 3.73. The summed E-state index contributed by atoms with van der Waals surface area (Å²) in [6, 6.07) is 6.50. The van der Waals surface area contributed by atoms with E-state index in [1.165, 1.54) is 6.07 Å². The standard InChI is InChI=1S/C19H25FN2O2/c1-5-10-22(18(23)12-19(2,3)4)13-14-11-17(21-24-14)15-8-6-7-9-16(15)20/h5-9,14H,1,10-13H2,2-4H3. The van der Waals surface area contributed by atoms with Gasteiger partial charge in [-0.2, -0.15) is 0 Å². The summed E-state index contributed by atoms with van der Waals surface area (Å²) in [5.74, 6) is -0.252. The Morgan fingerprint density at radius 2 is 2.17 bits per heavy atom. The number of rotatable bonds is 6. The lowest BCUT2D eigenvalue weighted by atomic mass is 9.91. The number of oxime groups is 1. The van der Waals surface area contributed by atoms with Crippen LogP contribution < -0.4 is 0 Å². The summed E-state index contributed by atoms with van der Waals surface area (Å²) in [6.45, 7) is 10.7. The van der Waals surface area contributed by atoms with Crippen LogP contribution in [0.5, 0.6) is 0 Å². The second-order valence-corrected chi connectivity index (χ2v) is 7.27. The van der Waals surface area contributed by atoms with Crippen LogP contribution in [0.1, 0.15) is 39.2 Å². The topological polar surface area (TPSA) is 41.9 Å². The van der Waals surface area contributed by atoms with Crippen molar-refractivity contribution < 1.29 is 14.0 Å². The third-order valence-corrected chi connectivity index (χ3v) is 3.73. The molecule has 0 radical (unpaired) electrons. The highest BCUT2D eigenvalue weighted by Crippen LogP contribution is 2.22. The summed E-state index contributed by atoms with van der Waals surface area (Å²) in [7, 11) is 0. The van der Waals surface area contributed by atoms with Crippen LogP contribution in [0.25, 0.3) is 0 Å². The highest BCUT2D eigenvalue weighted by molar-refractivity contribution is 6.01. The Morgan fingerprint density at radius 3 is 2.79 bits per heavy atom. The fourth-order valence-corrected chi connectivity index (χ4v) is 2.63. The fourth-order valence-electron chi connectivity index (χ4n) is 2.63. The Labute approximate surface area is 143 Å². The maximum Gasteiger partial charge on any atom is 0.223 e. The molecule has 0 aromatic heterocycles. The molecule has 5 heteroatoms. The predicted octanol–water partition coefficient (Wildman–Crippen LogP) is 3.77. The van der Waals surface area contributed by atoms with E-state index < -0.39 is 0 Å². The van der Waals surface area contributed by atoms with Gasteiger partial charge in [0.05, 0.1) is 12.3 Å². The zero-order chi connectivity index (χ0) is 17.7. The van der Waals surface area contributed by atoms with Crippen molar-refractivity contribution in [3.05, 3.63) is 48.3 Å². The van der Waals surface area contributed by atoms with Gasteiger partial charge in [0, 0.05) is 24.9 Å². The van der Waals surface area contributed by atoms with Gasteiger partial charge in [-0.05, 0) is 11.5 Å². The average Bonchev–Trinajstić information content (AvgIpc) is 2.94. The van der Waals surface area contributed by atoms with E-state index in [0.29, 0.717) is 37.2 Å². The van der Waals surface area contributed by atoms with Crippen molar-refractivity contribution in [1.82, 2.24) is 4.90 Å². The number of benzene rings is 1. The number of hydrogen-bond acceptors (Lipinski definition) is 3. The van der Waals surface area contributed by atoms with Gasteiger partial charge < -0.3 is 9.74 Å². The highest BCUT2D eigenvalue weighted by atomic mass is 19.1. The van der Waals surface area contributed by atoms with Crippen LogP contribution in [0.4, 0.5) is 4.39 Å². The van der Waals surface area contributed by atoms with Gasteiger partial charge >= 0.3 is 0 Å². The van der Waals surface area contributed by atoms with Crippen molar-refractivity contribution in [2.45, 2.75) is 39.7 Å². The first kappa shape index (κ1) is 18.2. The van der Waals surface area contributed by atoms with Gasteiger partial charge in [0.15, 0.2) is 6.10 Å². The van der Waals surface area contributed by atoms with Crippen molar-refractivity contribution >= 4 is 11.6 Å². The van der Waals surface area contributed by atoms with E-state index in [2.05, 4.69) is 11.7 Å². The summed E-state index contributed by atoms with van der Waals surface area (Å²) in [4.78, 5) is 19.6. The Kier molecular flexibility index (Phi) is 5.75. The van der Waals surface area contributed by atoms with Crippen LogP contribution >= 0.6 is 0 Å². The van der Waals surface area contributed by atoms with Gasteiger partial charge in [0.1, 0.15) is 5.82 Å². The number of halogens is 1. The average molecular weight is 332 g/mol. The van der Waals surface area contributed by atoms with Crippen molar-refractivity contribution in [3.8, 4) is 0 Å². The minimum atomic E-state index is -0.313. The van der Waals surface area contributed by atoms with Gasteiger partial charge in [0.2, 0.25) is 5.91 Å². The number of nitrogens with zero attached hydrogens (tertiary/aromatic N) is 2. The number of carbonyl (C=O) groups is 1. The van der Waals surface area contributed by atoms with Crippen LogP contribution in [0.2, 0.25) is 0 Å². The van der Waals surface area contributed by atoms with Crippen molar-refractivity contribution in [3.63, 3.8) is 0 Å². The largest absolute Gasteiger partial charge is 0.390 e. The van der Waals surface area contributed by atoms with Gasteiger partial charge in [-0.1, -0.05) is 50.2 Å². The molecule has 0 fully saturated rings. The number of hydrogen-bond donors (Lipinski definition) is 0. The molecule has 0 N–H and O–H groups in total. The van der Waals surface area contributed by atoms with E-state index in [4.69, 9.17) is 4.84 Å². The fraction of sp³-hybridized carbons (Fsp3) is 0.474. The number of carbonyl (C=O) groups excluding carboxylic acids is 1. The molecule has 1 aromatic rings. The first-order valence-corrected chi connectivity index (χ1v) is 8.16. The summed E-state index contributed by atoms with van der Waals surface area (Å²) in [5, 5.41) is 4.01. The van der Waals surface area contributed by atoms with Crippen LogP contribution in [-0.4, -0.2) is 35.7 Å². The third kappa shape index (κ3) is 4.91. The highest BCUT2D eigenvalue weighted by Gasteiger charge is 2.28. The van der Waals surface area contributed by atoms with E-state index in [1.807, 2.05) is 20.8 Å². The quantitative estimate of drug-likeness (QED) is 0.744. The van der Waals surface area contributed by atoms with Crippen LogP contribution in [-0.2, 0) is 9.63 Å². The Hall–Kier alpha value is -2.17. The van der Waals surface area contributed by atoms with Gasteiger partial charge in [0.25, 0.3) is 0 Å².